The Bertz CT molecular complexity index is 1360. The molecule has 0 bridgehead atoms. The van der Waals surface area contributed by atoms with E-state index in [0.717, 1.165) is 42.8 Å². The molecule has 1 saturated carbocycles. The van der Waals surface area contributed by atoms with E-state index in [0.29, 0.717) is 17.3 Å². The molecule has 6 rings (SSSR count). The Morgan fingerprint density at radius 3 is 2.74 bits per heavy atom. The number of ketones is 1. The molecular weight excluding hydrogens is 442 g/mol. The van der Waals surface area contributed by atoms with Crippen molar-refractivity contribution in [3.8, 4) is 10.4 Å². The van der Waals surface area contributed by atoms with E-state index in [2.05, 4.69) is 33.5 Å². The van der Waals surface area contributed by atoms with E-state index in [1.54, 1.807) is 11.3 Å². The van der Waals surface area contributed by atoms with Crippen LogP contribution in [0.1, 0.15) is 40.4 Å². The average molecular weight is 470 g/mol. The summed E-state index contributed by atoms with van der Waals surface area (Å²) < 4.78 is 5.55. The summed E-state index contributed by atoms with van der Waals surface area (Å²) in [5, 5.41) is 4.30. The van der Waals surface area contributed by atoms with Crippen molar-refractivity contribution in [1.29, 1.82) is 0 Å². The van der Waals surface area contributed by atoms with E-state index in [4.69, 9.17) is 10.5 Å². The van der Waals surface area contributed by atoms with Crippen LogP contribution in [-0.2, 0) is 11.2 Å². The minimum absolute atomic E-state index is 0.0119. The van der Waals surface area contributed by atoms with E-state index in [1.807, 2.05) is 36.5 Å². The zero-order chi connectivity index (χ0) is 23.1. The summed E-state index contributed by atoms with van der Waals surface area (Å²) in [5.74, 6) is 0.576. The molecule has 0 atom stereocenters. The van der Waals surface area contributed by atoms with Crippen LogP contribution in [0.4, 0.5) is 11.4 Å². The predicted molar refractivity (Wildman–Crippen MR) is 139 cm³/mol. The first-order chi connectivity index (χ1) is 16.7. The number of nitrogens with two attached hydrogens (primary N) is 1. The lowest BCUT2D eigenvalue weighted by Gasteiger charge is -2.31. The summed E-state index contributed by atoms with van der Waals surface area (Å²) in [5.41, 5.74) is 12.0. The number of morpholine rings is 1. The number of nitrogen functional groups attached to an aromatic ring is 1. The SMILES string of the molecule is Nc1ccc(-c2cccs2)cc1CC(=O)c1cc2ccc(N3CCOCC3)c(C3CC3)c2cn1. The van der Waals surface area contributed by atoms with Gasteiger partial charge in [0.1, 0.15) is 5.69 Å². The summed E-state index contributed by atoms with van der Waals surface area (Å²) >= 11 is 1.68. The third-order valence-corrected chi connectivity index (χ3v) is 7.76. The molecule has 1 saturated heterocycles. The zero-order valence-corrected chi connectivity index (χ0v) is 19.8. The van der Waals surface area contributed by atoms with Gasteiger partial charge < -0.3 is 15.4 Å². The maximum Gasteiger partial charge on any atom is 0.185 e. The number of pyridine rings is 1. The Morgan fingerprint density at radius 1 is 1.12 bits per heavy atom. The Morgan fingerprint density at radius 2 is 1.97 bits per heavy atom. The summed E-state index contributed by atoms with van der Waals surface area (Å²) in [6, 6.07) is 16.3. The van der Waals surface area contributed by atoms with Crippen LogP contribution < -0.4 is 10.6 Å². The maximum atomic E-state index is 13.2. The fraction of sp³-hybridized carbons (Fsp3) is 0.286. The highest BCUT2D eigenvalue weighted by molar-refractivity contribution is 7.13. The topological polar surface area (TPSA) is 68.5 Å². The average Bonchev–Trinajstić information content (AvgIpc) is 3.57. The van der Waals surface area contributed by atoms with Gasteiger partial charge in [-0.15, -0.1) is 11.3 Å². The minimum atomic E-state index is -0.0119. The summed E-state index contributed by atoms with van der Waals surface area (Å²) in [6.07, 6.45) is 4.59. The molecule has 1 aliphatic heterocycles. The molecular formula is C28H27N3O2S. The van der Waals surface area contributed by atoms with Crippen molar-refractivity contribution in [3.63, 3.8) is 0 Å². The van der Waals surface area contributed by atoms with Crippen LogP contribution in [0.5, 0.6) is 0 Å². The van der Waals surface area contributed by atoms with Gasteiger partial charge in [0.25, 0.3) is 0 Å². The van der Waals surface area contributed by atoms with E-state index < -0.39 is 0 Å². The van der Waals surface area contributed by atoms with Crippen LogP contribution in [0.2, 0.25) is 0 Å². The molecule has 0 radical (unpaired) electrons. The monoisotopic (exact) mass is 469 g/mol. The molecule has 2 aromatic carbocycles. The van der Waals surface area contributed by atoms with Crippen LogP contribution >= 0.6 is 11.3 Å². The standard InChI is InChI=1S/C28H27N3O2S/c29-23-7-5-20(27-2-1-13-34-27)14-21(23)16-26(32)24-15-19-6-8-25(31-9-11-33-12-10-31)28(18-3-4-18)22(19)17-30-24/h1-2,5-8,13-15,17-18H,3-4,9-12,16,29H2. The maximum absolute atomic E-state index is 13.2. The number of nitrogens with zero attached hydrogens (tertiary/aromatic N) is 2. The second-order valence-corrected chi connectivity index (χ2v) is 10.1. The lowest BCUT2D eigenvalue weighted by molar-refractivity contribution is 0.0988. The first-order valence-electron chi connectivity index (χ1n) is 11.9. The van der Waals surface area contributed by atoms with Gasteiger partial charge in [-0.3, -0.25) is 9.78 Å². The van der Waals surface area contributed by atoms with Crippen LogP contribution in [0.25, 0.3) is 21.2 Å². The summed E-state index contributed by atoms with van der Waals surface area (Å²) in [4.78, 5) is 21.4. The second-order valence-electron chi connectivity index (χ2n) is 9.15. The van der Waals surface area contributed by atoms with Gasteiger partial charge in [-0.2, -0.15) is 0 Å². The lowest BCUT2D eigenvalue weighted by Crippen LogP contribution is -2.36. The zero-order valence-electron chi connectivity index (χ0n) is 19.0. The van der Waals surface area contributed by atoms with Crippen molar-refractivity contribution < 1.29 is 9.53 Å². The van der Waals surface area contributed by atoms with Crippen LogP contribution in [0.15, 0.2) is 60.1 Å². The van der Waals surface area contributed by atoms with Gasteiger partial charge in [0.2, 0.25) is 0 Å². The number of hydrogen-bond donors (Lipinski definition) is 1. The van der Waals surface area contributed by atoms with Gasteiger partial charge in [0.15, 0.2) is 5.78 Å². The number of anilines is 2. The third kappa shape index (κ3) is 4.08. The van der Waals surface area contributed by atoms with Crippen molar-refractivity contribution in [2.24, 2.45) is 0 Å². The molecule has 5 nitrogen and oxygen atoms in total. The van der Waals surface area contributed by atoms with Crippen LogP contribution in [0, 0.1) is 0 Å². The predicted octanol–water partition coefficient (Wildman–Crippen LogP) is 5.68. The molecule has 1 aliphatic carbocycles. The lowest BCUT2D eigenvalue weighted by atomic mass is 9.97. The third-order valence-electron chi connectivity index (χ3n) is 6.85. The van der Waals surface area contributed by atoms with Crippen molar-refractivity contribution in [2.75, 3.05) is 36.9 Å². The number of hydrogen-bond acceptors (Lipinski definition) is 6. The molecule has 0 unspecified atom stereocenters. The van der Waals surface area contributed by atoms with Gasteiger partial charge >= 0.3 is 0 Å². The highest BCUT2D eigenvalue weighted by Crippen LogP contribution is 2.47. The molecule has 2 fully saturated rings. The molecule has 3 heterocycles. The normalized spacial score (nSPS) is 16.2. The Kier molecular flexibility index (Phi) is 5.55. The van der Waals surface area contributed by atoms with Crippen LogP contribution in [0.3, 0.4) is 0 Å². The van der Waals surface area contributed by atoms with Gasteiger partial charge in [-0.25, -0.2) is 0 Å². The largest absolute Gasteiger partial charge is 0.398 e. The van der Waals surface area contributed by atoms with Gasteiger partial charge in [-0.05, 0) is 76.5 Å². The number of aromatic nitrogens is 1. The molecule has 0 amide bonds. The van der Waals surface area contributed by atoms with Crippen LogP contribution in [-0.4, -0.2) is 37.1 Å². The number of ether oxygens (including phenoxy) is 1. The highest BCUT2D eigenvalue weighted by Gasteiger charge is 2.30. The van der Waals surface area contributed by atoms with Crippen molar-refractivity contribution in [3.05, 3.63) is 76.9 Å². The Hall–Kier alpha value is -3.22. The molecule has 0 spiro atoms. The molecule has 34 heavy (non-hydrogen) atoms. The van der Waals surface area contributed by atoms with Crippen molar-refractivity contribution >= 4 is 39.3 Å². The number of fused-ring (bicyclic) bond motifs is 1. The number of benzene rings is 2. The number of carbonyl (C=O) groups excluding carboxylic acids is 1. The van der Waals surface area contributed by atoms with Crippen molar-refractivity contribution in [1.82, 2.24) is 4.98 Å². The molecule has 2 aliphatic rings. The number of Topliss-reactive ketones (excluding diaryl/α,β-unsaturated/α-hetero) is 1. The Labute approximate surface area is 203 Å². The molecule has 2 aromatic heterocycles. The quantitative estimate of drug-likeness (QED) is 0.290. The minimum Gasteiger partial charge on any atom is -0.398 e. The number of thiophene rings is 1. The smallest absolute Gasteiger partial charge is 0.185 e. The van der Waals surface area contributed by atoms with E-state index in [9.17, 15) is 4.79 Å². The van der Waals surface area contributed by atoms with Gasteiger partial charge in [0.05, 0.1) is 13.2 Å². The van der Waals surface area contributed by atoms with E-state index in [-0.39, 0.29) is 12.2 Å². The molecule has 2 N–H and O–H groups in total. The Balaban J connectivity index is 1.31. The first-order valence-corrected chi connectivity index (χ1v) is 12.8. The molecule has 4 aromatic rings. The van der Waals surface area contributed by atoms with E-state index >= 15 is 0 Å². The van der Waals surface area contributed by atoms with Gasteiger partial charge in [-0.1, -0.05) is 18.2 Å². The molecule has 172 valence electrons. The van der Waals surface area contributed by atoms with E-state index in [1.165, 1.54) is 34.4 Å². The van der Waals surface area contributed by atoms with Gasteiger partial charge in [0, 0.05) is 47.3 Å². The fourth-order valence-electron chi connectivity index (χ4n) is 4.88. The second kappa shape index (κ2) is 8.85. The number of carbonyl (C=O) groups is 1. The highest BCUT2D eigenvalue weighted by atomic mass is 32.1. The summed E-state index contributed by atoms with van der Waals surface area (Å²) in [6.45, 7) is 3.37. The first kappa shape index (κ1) is 21.3. The van der Waals surface area contributed by atoms with Crippen molar-refractivity contribution in [2.45, 2.75) is 25.2 Å². The summed E-state index contributed by atoms with van der Waals surface area (Å²) in [7, 11) is 0. The number of rotatable bonds is 6. The fourth-order valence-corrected chi connectivity index (χ4v) is 5.61. The molecule has 6 heteroatoms.